The third-order valence-corrected chi connectivity index (χ3v) is 3.09. The molecule has 1 aromatic heterocycles. The second kappa shape index (κ2) is 6.37. The molecule has 1 atom stereocenters. The van der Waals surface area contributed by atoms with Crippen LogP contribution in [-0.4, -0.2) is 23.1 Å². The molecule has 1 unspecified atom stereocenters. The lowest BCUT2D eigenvalue weighted by molar-refractivity contribution is 0.669. The summed E-state index contributed by atoms with van der Waals surface area (Å²) in [6.45, 7) is 11.4. The average molecular weight is 261 g/mol. The maximum atomic E-state index is 8.96. The fourth-order valence-electron chi connectivity index (χ4n) is 1.84. The van der Waals surface area contributed by atoms with Gasteiger partial charge in [0, 0.05) is 24.6 Å². The quantitative estimate of drug-likeness (QED) is 0.880. The van der Waals surface area contributed by atoms with E-state index in [9.17, 15) is 0 Å². The fourth-order valence-corrected chi connectivity index (χ4v) is 1.84. The second-order valence-electron chi connectivity index (χ2n) is 5.14. The lowest BCUT2D eigenvalue weighted by Crippen LogP contribution is -2.30. The third-order valence-electron chi connectivity index (χ3n) is 3.09. The molecule has 0 saturated heterocycles. The Bertz CT molecular complexity index is 475. The summed E-state index contributed by atoms with van der Waals surface area (Å²) in [5.74, 6) is 2.31. The Morgan fingerprint density at radius 2 is 1.95 bits per heavy atom. The van der Waals surface area contributed by atoms with Crippen LogP contribution in [0.2, 0.25) is 0 Å². The van der Waals surface area contributed by atoms with E-state index in [0.717, 1.165) is 23.8 Å². The van der Waals surface area contributed by atoms with E-state index in [-0.39, 0.29) is 11.8 Å². The van der Waals surface area contributed by atoms with Gasteiger partial charge in [0.15, 0.2) is 0 Å². The molecule has 5 heteroatoms. The van der Waals surface area contributed by atoms with Crippen molar-refractivity contribution < 1.29 is 0 Å². The van der Waals surface area contributed by atoms with Crippen molar-refractivity contribution in [2.45, 2.75) is 40.5 Å². The number of hydrogen-bond donors (Lipinski definition) is 1. The second-order valence-corrected chi connectivity index (χ2v) is 5.14. The molecule has 0 aliphatic heterocycles. The van der Waals surface area contributed by atoms with Crippen molar-refractivity contribution in [3.63, 3.8) is 0 Å². The summed E-state index contributed by atoms with van der Waals surface area (Å²) in [6.07, 6.45) is 0. The standard InChI is InChI=1S/C14H23N5/c1-6-19(8-10(4)7-15)14-11(5)12(16)17-13(18-14)9(2)3/h9-10H,6,8H2,1-5H3,(H2,16,17,18). The average Bonchev–Trinajstić information content (AvgIpc) is 2.38. The summed E-state index contributed by atoms with van der Waals surface area (Å²) < 4.78 is 0. The predicted octanol–water partition coefficient (Wildman–Crippen LogP) is 2.48. The number of anilines is 2. The largest absolute Gasteiger partial charge is 0.383 e. The van der Waals surface area contributed by atoms with E-state index >= 15 is 0 Å². The van der Waals surface area contributed by atoms with E-state index in [1.807, 2.05) is 27.7 Å². The van der Waals surface area contributed by atoms with Crippen molar-refractivity contribution in [2.75, 3.05) is 23.7 Å². The molecule has 0 radical (unpaired) electrons. The van der Waals surface area contributed by atoms with Gasteiger partial charge in [-0.3, -0.25) is 0 Å². The van der Waals surface area contributed by atoms with E-state index in [2.05, 4.69) is 27.9 Å². The van der Waals surface area contributed by atoms with Crippen molar-refractivity contribution in [1.29, 1.82) is 5.26 Å². The zero-order valence-electron chi connectivity index (χ0n) is 12.4. The first-order valence-corrected chi connectivity index (χ1v) is 6.69. The Balaban J connectivity index is 3.19. The van der Waals surface area contributed by atoms with Crippen LogP contribution >= 0.6 is 0 Å². The molecule has 0 bridgehead atoms. The van der Waals surface area contributed by atoms with Gasteiger partial charge in [0.05, 0.1) is 12.0 Å². The van der Waals surface area contributed by atoms with Crippen molar-refractivity contribution in [3.8, 4) is 6.07 Å². The van der Waals surface area contributed by atoms with Gasteiger partial charge in [0.2, 0.25) is 0 Å². The highest BCUT2D eigenvalue weighted by Crippen LogP contribution is 2.24. The first kappa shape index (κ1) is 15.2. The number of nitrogens with two attached hydrogens (primary N) is 1. The summed E-state index contributed by atoms with van der Waals surface area (Å²) in [5, 5.41) is 8.96. The van der Waals surface area contributed by atoms with Gasteiger partial charge in [-0.1, -0.05) is 13.8 Å². The SMILES string of the molecule is CCN(CC(C)C#N)c1nc(C(C)C)nc(N)c1C. The van der Waals surface area contributed by atoms with E-state index in [1.165, 1.54) is 0 Å². The number of nitrogen functional groups attached to an aromatic ring is 1. The minimum absolute atomic E-state index is 0.0435. The molecule has 1 rings (SSSR count). The van der Waals surface area contributed by atoms with E-state index in [1.54, 1.807) is 0 Å². The molecule has 0 amide bonds. The van der Waals surface area contributed by atoms with Crippen LogP contribution in [0.3, 0.4) is 0 Å². The van der Waals surface area contributed by atoms with Gasteiger partial charge in [-0.05, 0) is 20.8 Å². The fraction of sp³-hybridized carbons (Fsp3) is 0.643. The molecule has 0 saturated carbocycles. The number of nitrogens with zero attached hydrogens (tertiary/aromatic N) is 4. The van der Waals surface area contributed by atoms with Crippen molar-refractivity contribution in [1.82, 2.24) is 9.97 Å². The molecular weight excluding hydrogens is 238 g/mol. The van der Waals surface area contributed by atoms with Crippen molar-refractivity contribution >= 4 is 11.6 Å². The lowest BCUT2D eigenvalue weighted by atomic mass is 10.1. The maximum Gasteiger partial charge on any atom is 0.137 e. The number of rotatable bonds is 5. The van der Waals surface area contributed by atoms with E-state index < -0.39 is 0 Å². The monoisotopic (exact) mass is 261 g/mol. The molecule has 104 valence electrons. The first-order chi connectivity index (χ1) is 8.90. The lowest BCUT2D eigenvalue weighted by Gasteiger charge is -2.26. The summed E-state index contributed by atoms with van der Waals surface area (Å²) in [7, 11) is 0. The summed E-state index contributed by atoms with van der Waals surface area (Å²) >= 11 is 0. The molecule has 5 nitrogen and oxygen atoms in total. The predicted molar refractivity (Wildman–Crippen MR) is 77.9 cm³/mol. The van der Waals surface area contributed by atoms with Gasteiger partial charge < -0.3 is 10.6 Å². The smallest absolute Gasteiger partial charge is 0.137 e. The van der Waals surface area contributed by atoms with Crippen LogP contribution in [0, 0.1) is 24.2 Å². The minimum Gasteiger partial charge on any atom is -0.383 e. The van der Waals surface area contributed by atoms with Gasteiger partial charge >= 0.3 is 0 Å². The normalized spacial score (nSPS) is 12.3. The van der Waals surface area contributed by atoms with Crippen LogP contribution < -0.4 is 10.6 Å². The highest BCUT2D eigenvalue weighted by molar-refractivity contribution is 5.56. The third kappa shape index (κ3) is 3.57. The molecule has 0 aliphatic carbocycles. The zero-order chi connectivity index (χ0) is 14.6. The molecule has 0 fully saturated rings. The zero-order valence-corrected chi connectivity index (χ0v) is 12.4. The highest BCUT2D eigenvalue weighted by Gasteiger charge is 2.17. The highest BCUT2D eigenvalue weighted by atomic mass is 15.2. The Labute approximate surface area is 115 Å². The molecule has 0 aliphatic rings. The molecule has 2 N–H and O–H groups in total. The molecule has 0 spiro atoms. The van der Waals surface area contributed by atoms with Crippen LogP contribution in [0.4, 0.5) is 11.6 Å². The Morgan fingerprint density at radius 3 is 2.42 bits per heavy atom. The minimum atomic E-state index is -0.0435. The van der Waals surface area contributed by atoms with Crippen LogP contribution in [0.5, 0.6) is 0 Å². The van der Waals surface area contributed by atoms with Gasteiger partial charge in [-0.15, -0.1) is 0 Å². The molecular formula is C14H23N5. The maximum absolute atomic E-state index is 8.96. The van der Waals surface area contributed by atoms with Gasteiger partial charge in [0.1, 0.15) is 17.5 Å². The molecule has 19 heavy (non-hydrogen) atoms. The van der Waals surface area contributed by atoms with Crippen LogP contribution in [-0.2, 0) is 0 Å². The topological polar surface area (TPSA) is 78.8 Å². The van der Waals surface area contributed by atoms with Gasteiger partial charge in [0.25, 0.3) is 0 Å². The van der Waals surface area contributed by atoms with Crippen LogP contribution in [0.15, 0.2) is 0 Å². The van der Waals surface area contributed by atoms with Crippen LogP contribution in [0.1, 0.15) is 45.0 Å². The Morgan fingerprint density at radius 1 is 1.32 bits per heavy atom. The first-order valence-electron chi connectivity index (χ1n) is 6.69. The van der Waals surface area contributed by atoms with Crippen molar-refractivity contribution in [3.05, 3.63) is 11.4 Å². The van der Waals surface area contributed by atoms with Gasteiger partial charge in [-0.25, -0.2) is 9.97 Å². The number of nitriles is 1. The summed E-state index contributed by atoms with van der Waals surface area (Å²) in [5.41, 5.74) is 6.86. The van der Waals surface area contributed by atoms with E-state index in [0.29, 0.717) is 12.4 Å². The molecule has 0 aromatic carbocycles. The van der Waals surface area contributed by atoms with Crippen molar-refractivity contribution in [2.24, 2.45) is 5.92 Å². The van der Waals surface area contributed by atoms with Crippen LogP contribution in [0.25, 0.3) is 0 Å². The summed E-state index contributed by atoms with van der Waals surface area (Å²) in [6, 6.07) is 2.25. The number of hydrogen-bond acceptors (Lipinski definition) is 5. The van der Waals surface area contributed by atoms with Gasteiger partial charge in [-0.2, -0.15) is 5.26 Å². The number of aromatic nitrogens is 2. The molecule has 1 aromatic rings. The Hall–Kier alpha value is -1.83. The molecule has 1 heterocycles. The summed E-state index contributed by atoms with van der Waals surface area (Å²) in [4.78, 5) is 11.0. The Kier molecular flexibility index (Phi) is 5.11. The van der Waals surface area contributed by atoms with E-state index in [4.69, 9.17) is 11.0 Å².